The molecule has 0 N–H and O–H groups in total. The molecule has 0 aliphatic carbocycles. The van der Waals surface area contributed by atoms with Crippen molar-refractivity contribution in [3.63, 3.8) is 0 Å². The minimum Gasteiger partial charge on any atom is -0.0999 e. The molecule has 0 aromatic carbocycles. The Kier molecular flexibility index (Phi) is 14.0. The van der Waals surface area contributed by atoms with E-state index < -0.39 is 0 Å². The normalized spacial score (nSPS) is 12.6. The van der Waals surface area contributed by atoms with E-state index in [0.29, 0.717) is 0 Å². The summed E-state index contributed by atoms with van der Waals surface area (Å²) >= 11 is 0. The fourth-order valence-electron chi connectivity index (χ4n) is 2.72. The van der Waals surface area contributed by atoms with Gasteiger partial charge in [-0.15, -0.1) is 0 Å². The van der Waals surface area contributed by atoms with E-state index in [2.05, 4.69) is 27.4 Å². The fraction of sp³-hybridized carbons (Fsp3) is 0.895. The lowest BCUT2D eigenvalue weighted by atomic mass is 9.95. The van der Waals surface area contributed by atoms with Crippen LogP contribution in [-0.4, -0.2) is 0 Å². The van der Waals surface area contributed by atoms with Gasteiger partial charge in [0.1, 0.15) is 0 Å². The van der Waals surface area contributed by atoms with Crippen molar-refractivity contribution < 1.29 is 0 Å². The van der Waals surface area contributed by atoms with Crippen molar-refractivity contribution in [1.29, 1.82) is 0 Å². The highest BCUT2D eigenvalue weighted by Crippen LogP contribution is 2.19. The van der Waals surface area contributed by atoms with Crippen LogP contribution in [0.3, 0.4) is 0 Å². The van der Waals surface area contributed by atoms with Gasteiger partial charge in [-0.25, -0.2) is 0 Å². The number of allylic oxidation sites excluding steroid dienone is 1. The molecule has 19 heavy (non-hydrogen) atoms. The van der Waals surface area contributed by atoms with E-state index in [-0.39, 0.29) is 0 Å². The third-order valence-electron chi connectivity index (χ3n) is 4.16. The molecular weight excluding hydrogens is 228 g/mol. The highest BCUT2D eigenvalue weighted by atomic mass is 14.1. The first-order valence-electron chi connectivity index (χ1n) is 8.87. The molecule has 0 aliphatic heterocycles. The summed E-state index contributed by atoms with van der Waals surface area (Å²) in [4.78, 5) is 0. The molecular formula is C19H38. The molecule has 0 rings (SSSR count). The van der Waals surface area contributed by atoms with Gasteiger partial charge >= 0.3 is 0 Å². The number of hydrogen-bond donors (Lipinski definition) is 0. The second kappa shape index (κ2) is 14.2. The summed E-state index contributed by atoms with van der Waals surface area (Å²) in [6.45, 7) is 11.2. The molecule has 0 spiro atoms. The molecule has 1 atom stereocenters. The molecule has 0 bridgehead atoms. The fourth-order valence-corrected chi connectivity index (χ4v) is 2.72. The Morgan fingerprint density at radius 1 is 0.737 bits per heavy atom. The summed E-state index contributed by atoms with van der Waals surface area (Å²) in [6.07, 6.45) is 17.9. The Balaban J connectivity index is 3.25. The first-order valence-corrected chi connectivity index (χ1v) is 8.87. The molecule has 0 saturated heterocycles. The van der Waals surface area contributed by atoms with E-state index in [1.165, 1.54) is 89.0 Å². The highest BCUT2D eigenvalue weighted by Gasteiger charge is 2.02. The van der Waals surface area contributed by atoms with Gasteiger partial charge < -0.3 is 0 Å². The SMILES string of the molecule is C=C(CCCCCCCCCC)CCC(C)CCC. The van der Waals surface area contributed by atoms with Crippen LogP contribution in [0.25, 0.3) is 0 Å². The molecule has 0 amide bonds. The van der Waals surface area contributed by atoms with E-state index in [4.69, 9.17) is 0 Å². The molecule has 0 aromatic rings. The Morgan fingerprint density at radius 3 is 1.89 bits per heavy atom. The maximum Gasteiger partial charge on any atom is -0.0320 e. The molecule has 0 heterocycles. The third-order valence-corrected chi connectivity index (χ3v) is 4.16. The molecule has 1 unspecified atom stereocenters. The first kappa shape index (κ1) is 18.7. The molecule has 0 nitrogen and oxygen atoms in total. The Bertz CT molecular complexity index is 192. The minimum atomic E-state index is 0.889. The van der Waals surface area contributed by atoms with Crippen LogP contribution in [-0.2, 0) is 0 Å². The van der Waals surface area contributed by atoms with Crippen LogP contribution < -0.4 is 0 Å². The van der Waals surface area contributed by atoms with E-state index in [1.54, 1.807) is 0 Å². The molecule has 0 heteroatoms. The third kappa shape index (κ3) is 14.0. The minimum absolute atomic E-state index is 0.889. The monoisotopic (exact) mass is 266 g/mol. The van der Waals surface area contributed by atoms with Crippen molar-refractivity contribution >= 4 is 0 Å². The molecule has 0 saturated carbocycles. The van der Waals surface area contributed by atoms with Crippen LogP contribution in [0.1, 0.15) is 104 Å². The van der Waals surface area contributed by atoms with Crippen LogP contribution >= 0.6 is 0 Å². The largest absolute Gasteiger partial charge is 0.0999 e. The predicted octanol–water partition coefficient (Wildman–Crippen LogP) is 7.29. The lowest BCUT2D eigenvalue weighted by Crippen LogP contribution is -1.95. The zero-order valence-electron chi connectivity index (χ0n) is 14.0. The van der Waals surface area contributed by atoms with Gasteiger partial charge in [-0.1, -0.05) is 90.7 Å². The summed E-state index contributed by atoms with van der Waals surface area (Å²) in [7, 11) is 0. The predicted molar refractivity (Wildman–Crippen MR) is 89.7 cm³/mol. The number of unbranched alkanes of at least 4 members (excludes halogenated alkanes) is 7. The summed E-state index contributed by atoms with van der Waals surface area (Å²) in [5, 5.41) is 0. The Hall–Kier alpha value is -0.260. The summed E-state index contributed by atoms with van der Waals surface area (Å²) < 4.78 is 0. The quantitative estimate of drug-likeness (QED) is 0.229. The second-order valence-electron chi connectivity index (χ2n) is 6.41. The Morgan fingerprint density at radius 2 is 1.32 bits per heavy atom. The average molecular weight is 267 g/mol. The summed E-state index contributed by atoms with van der Waals surface area (Å²) in [5.41, 5.74) is 1.49. The van der Waals surface area contributed by atoms with Gasteiger partial charge in [-0.05, 0) is 31.6 Å². The standard InChI is InChI=1S/C19H38/c1-5-7-8-9-10-11-12-13-15-19(4)17-16-18(3)14-6-2/h18H,4-17H2,1-3H3. The van der Waals surface area contributed by atoms with Gasteiger partial charge in [0.05, 0.1) is 0 Å². The van der Waals surface area contributed by atoms with E-state index in [0.717, 1.165) is 5.92 Å². The van der Waals surface area contributed by atoms with Crippen molar-refractivity contribution in [2.45, 2.75) is 104 Å². The first-order chi connectivity index (χ1) is 9.20. The summed E-state index contributed by atoms with van der Waals surface area (Å²) in [6, 6.07) is 0. The maximum atomic E-state index is 4.25. The van der Waals surface area contributed by atoms with Crippen molar-refractivity contribution in [2.75, 3.05) is 0 Å². The van der Waals surface area contributed by atoms with Gasteiger partial charge in [0.2, 0.25) is 0 Å². The van der Waals surface area contributed by atoms with Gasteiger partial charge in [0.25, 0.3) is 0 Å². The molecule has 114 valence electrons. The van der Waals surface area contributed by atoms with Crippen LogP contribution in [0.4, 0.5) is 0 Å². The van der Waals surface area contributed by atoms with Gasteiger partial charge in [-0.2, -0.15) is 0 Å². The second-order valence-corrected chi connectivity index (χ2v) is 6.41. The number of hydrogen-bond acceptors (Lipinski definition) is 0. The molecule has 0 aliphatic rings. The lowest BCUT2D eigenvalue weighted by molar-refractivity contribution is 0.480. The molecule has 0 radical (unpaired) electrons. The van der Waals surface area contributed by atoms with Crippen molar-refractivity contribution in [2.24, 2.45) is 5.92 Å². The van der Waals surface area contributed by atoms with Crippen LogP contribution in [0, 0.1) is 5.92 Å². The highest BCUT2D eigenvalue weighted by molar-refractivity contribution is 4.93. The van der Waals surface area contributed by atoms with Crippen LogP contribution in [0.5, 0.6) is 0 Å². The molecule has 0 aromatic heterocycles. The number of rotatable bonds is 14. The van der Waals surface area contributed by atoms with Gasteiger partial charge in [0, 0.05) is 0 Å². The Labute approximate surface area is 123 Å². The average Bonchev–Trinajstić information content (AvgIpc) is 2.40. The van der Waals surface area contributed by atoms with Crippen molar-refractivity contribution in [3.8, 4) is 0 Å². The maximum absolute atomic E-state index is 4.25. The van der Waals surface area contributed by atoms with Crippen LogP contribution in [0.2, 0.25) is 0 Å². The lowest BCUT2D eigenvalue weighted by Gasteiger charge is -2.11. The van der Waals surface area contributed by atoms with Gasteiger partial charge in [-0.3, -0.25) is 0 Å². The van der Waals surface area contributed by atoms with E-state index in [1.807, 2.05) is 0 Å². The molecule has 0 fully saturated rings. The topological polar surface area (TPSA) is 0 Å². The van der Waals surface area contributed by atoms with Crippen molar-refractivity contribution in [3.05, 3.63) is 12.2 Å². The zero-order chi connectivity index (χ0) is 14.3. The zero-order valence-corrected chi connectivity index (χ0v) is 14.0. The van der Waals surface area contributed by atoms with Gasteiger partial charge in [0.15, 0.2) is 0 Å². The smallest absolute Gasteiger partial charge is 0.0320 e. The van der Waals surface area contributed by atoms with E-state index >= 15 is 0 Å². The van der Waals surface area contributed by atoms with Crippen LogP contribution in [0.15, 0.2) is 12.2 Å². The summed E-state index contributed by atoms with van der Waals surface area (Å²) in [5.74, 6) is 0.889. The van der Waals surface area contributed by atoms with E-state index in [9.17, 15) is 0 Å². The van der Waals surface area contributed by atoms with Crippen molar-refractivity contribution in [1.82, 2.24) is 0 Å².